The predicted octanol–water partition coefficient (Wildman–Crippen LogP) is 3.09. The highest BCUT2D eigenvalue weighted by Crippen LogP contribution is 2.37. The lowest BCUT2D eigenvalue weighted by Gasteiger charge is -2.39. The van der Waals surface area contributed by atoms with Crippen molar-refractivity contribution in [2.24, 2.45) is 0 Å². The molecule has 2 aromatic carbocycles. The van der Waals surface area contributed by atoms with E-state index < -0.39 is 17.5 Å². The van der Waals surface area contributed by atoms with Gasteiger partial charge in [-0.2, -0.15) is 0 Å². The van der Waals surface area contributed by atoms with E-state index in [1.54, 1.807) is 38.5 Å². The molecule has 0 aliphatic carbocycles. The number of ether oxygens (including phenoxy) is 3. The first-order chi connectivity index (χ1) is 16.9. The van der Waals surface area contributed by atoms with Crippen LogP contribution in [0.5, 0.6) is 11.5 Å². The van der Waals surface area contributed by atoms with Gasteiger partial charge in [-0.15, -0.1) is 0 Å². The molecule has 9 heteroatoms. The van der Waals surface area contributed by atoms with E-state index in [9.17, 15) is 14.4 Å². The minimum Gasteiger partial charge on any atom is -0.497 e. The Labute approximate surface area is 204 Å². The first-order valence-corrected chi connectivity index (χ1v) is 11.7. The Balaban J connectivity index is 1.40. The lowest BCUT2D eigenvalue weighted by atomic mass is 9.73. The number of carbonyl (C=O) groups is 3. The summed E-state index contributed by atoms with van der Waals surface area (Å²) in [6, 6.07) is 13.6. The van der Waals surface area contributed by atoms with E-state index in [1.807, 2.05) is 24.3 Å². The number of nitrogens with zero attached hydrogens (tertiary/aromatic N) is 1. The van der Waals surface area contributed by atoms with E-state index in [2.05, 4.69) is 10.6 Å². The summed E-state index contributed by atoms with van der Waals surface area (Å²) in [5.41, 5.74) is 1.26. The van der Waals surface area contributed by atoms with Crippen molar-refractivity contribution in [3.8, 4) is 11.5 Å². The topological polar surface area (TPSA) is 106 Å². The molecule has 2 heterocycles. The summed E-state index contributed by atoms with van der Waals surface area (Å²) in [6.07, 6.45) is 1.71. The van der Waals surface area contributed by atoms with Crippen LogP contribution in [-0.4, -0.2) is 62.8 Å². The van der Waals surface area contributed by atoms with Gasteiger partial charge < -0.3 is 24.8 Å². The number of anilines is 1. The largest absolute Gasteiger partial charge is 0.497 e. The normalized spacial score (nSPS) is 19.3. The van der Waals surface area contributed by atoms with E-state index >= 15 is 0 Å². The second kappa shape index (κ2) is 10.8. The molecule has 0 radical (unpaired) electrons. The SMILES string of the molecule is COc1ccc(C2(CN3C(=O)N[C@@H](CCC(=O)Nc4cccc(OC)c4)C3=O)CCOCC2)cc1. The molecule has 2 aromatic rings. The second-order valence-corrected chi connectivity index (χ2v) is 8.87. The van der Waals surface area contributed by atoms with Crippen LogP contribution in [0, 0.1) is 0 Å². The molecule has 2 N–H and O–H groups in total. The zero-order valence-electron chi connectivity index (χ0n) is 20.0. The highest BCUT2D eigenvalue weighted by atomic mass is 16.5. The molecular weight excluding hydrogens is 450 g/mol. The fourth-order valence-corrected chi connectivity index (χ4v) is 4.67. The Morgan fingerprint density at radius 1 is 1.09 bits per heavy atom. The van der Waals surface area contributed by atoms with Crippen LogP contribution in [0.25, 0.3) is 0 Å². The molecule has 2 fully saturated rings. The van der Waals surface area contributed by atoms with Crippen molar-refractivity contribution < 1.29 is 28.6 Å². The molecule has 1 atom stereocenters. The number of benzene rings is 2. The average Bonchev–Trinajstić information content (AvgIpc) is 3.15. The van der Waals surface area contributed by atoms with E-state index in [1.165, 1.54) is 4.90 Å². The summed E-state index contributed by atoms with van der Waals surface area (Å²) in [5, 5.41) is 5.55. The minimum absolute atomic E-state index is 0.0964. The molecule has 4 amide bonds. The van der Waals surface area contributed by atoms with Gasteiger partial charge in [0.15, 0.2) is 0 Å². The van der Waals surface area contributed by atoms with Crippen LogP contribution in [0.4, 0.5) is 10.5 Å². The second-order valence-electron chi connectivity index (χ2n) is 8.87. The zero-order valence-corrected chi connectivity index (χ0v) is 20.0. The predicted molar refractivity (Wildman–Crippen MR) is 130 cm³/mol. The van der Waals surface area contributed by atoms with Gasteiger partial charge in [0.05, 0.1) is 14.2 Å². The van der Waals surface area contributed by atoms with Crippen LogP contribution in [0.2, 0.25) is 0 Å². The number of imide groups is 1. The molecule has 2 aliphatic heterocycles. The summed E-state index contributed by atoms with van der Waals surface area (Å²) in [4.78, 5) is 39.7. The molecule has 0 aromatic heterocycles. The van der Waals surface area contributed by atoms with Gasteiger partial charge in [-0.25, -0.2) is 4.79 Å². The fraction of sp³-hybridized carbons (Fsp3) is 0.423. The van der Waals surface area contributed by atoms with Gasteiger partial charge in [-0.3, -0.25) is 14.5 Å². The van der Waals surface area contributed by atoms with E-state index in [0.717, 1.165) is 11.3 Å². The molecule has 0 unspecified atom stereocenters. The van der Waals surface area contributed by atoms with Gasteiger partial charge >= 0.3 is 6.03 Å². The quantitative estimate of drug-likeness (QED) is 0.533. The lowest BCUT2D eigenvalue weighted by molar-refractivity contribution is -0.128. The first kappa shape index (κ1) is 24.5. The van der Waals surface area contributed by atoms with Crippen LogP contribution in [0.15, 0.2) is 48.5 Å². The molecule has 4 rings (SSSR count). The number of carbonyl (C=O) groups excluding carboxylic acids is 3. The van der Waals surface area contributed by atoms with Crippen molar-refractivity contribution in [3.63, 3.8) is 0 Å². The molecule has 0 bridgehead atoms. The summed E-state index contributed by atoms with van der Waals surface area (Å²) < 4.78 is 16.0. The average molecular weight is 482 g/mol. The van der Waals surface area contributed by atoms with Crippen LogP contribution in [0.3, 0.4) is 0 Å². The van der Waals surface area contributed by atoms with Gasteiger partial charge in [0.1, 0.15) is 17.5 Å². The Bertz CT molecular complexity index is 1070. The first-order valence-electron chi connectivity index (χ1n) is 11.7. The van der Waals surface area contributed by atoms with Crippen LogP contribution in [0.1, 0.15) is 31.2 Å². The van der Waals surface area contributed by atoms with Crippen molar-refractivity contribution in [1.29, 1.82) is 0 Å². The number of rotatable bonds is 9. The van der Waals surface area contributed by atoms with Gasteiger partial charge in [0.2, 0.25) is 5.91 Å². The van der Waals surface area contributed by atoms with Crippen molar-refractivity contribution in [1.82, 2.24) is 10.2 Å². The van der Waals surface area contributed by atoms with E-state index in [0.29, 0.717) is 37.5 Å². The molecule has 0 saturated carbocycles. The Morgan fingerprint density at radius 3 is 2.49 bits per heavy atom. The number of hydrogen-bond acceptors (Lipinski definition) is 6. The number of methoxy groups -OCH3 is 2. The van der Waals surface area contributed by atoms with Gasteiger partial charge in [-0.1, -0.05) is 18.2 Å². The molecule has 9 nitrogen and oxygen atoms in total. The van der Waals surface area contributed by atoms with Crippen molar-refractivity contribution in [3.05, 3.63) is 54.1 Å². The molecule has 2 saturated heterocycles. The maximum Gasteiger partial charge on any atom is 0.324 e. The van der Waals surface area contributed by atoms with Crippen LogP contribution < -0.4 is 20.1 Å². The number of amides is 4. The molecule has 35 heavy (non-hydrogen) atoms. The maximum absolute atomic E-state index is 13.2. The van der Waals surface area contributed by atoms with Gasteiger partial charge in [-0.05, 0) is 49.1 Å². The molecule has 186 valence electrons. The Kier molecular flexibility index (Phi) is 7.55. The van der Waals surface area contributed by atoms with E-state index in [4.69, 9.17) is 14.2 Å². The van der Waals surface area contributed by atoms with Gasteiger partial charge in [0, 0.05) is 43.3 Å². The smallest absolute Gasteiger partial charge is 0.324 e. The monoisotopic (exact) mass is 481 g/mol. The number of urea groups is 1. The molecule has 0 spiro atoms. The summed E-state index contributed by atoms with van der Waals surface area (Å²) in [5.74, 6) is 0.843. The zero-order chi connectivity index (χ0) is 24.8. The van der Waals surface area contributed by atoms with Crippen LogP contribution >= 0.6 is 0 Å². The number of nitrogens with one attached hydrogen (secondary N) is 2. The Hall–Kier alpha value is -3.59. The summed E-state index contributed by atoms with van der Waals surface area (Å²) >= 11 is 0. The standard InChI is InChI=1S/C26H31N3O6/c1-33-20-8-6-18(7-9-20)26(12-14-35-15-13-26)17-29-24(31)22(28-25(29)32)10-11-23(30)27-19-4-3-5-21(16-19)34-2/h3-9,16,22H,10-15,17H2,1-2H3,(H,27,30)(H,28,32)/t22-/m0/s1. The van der Waals surface area contributed by atoms with Crippen molar-refractivity contribution >= 4 is 23.5 Å². The van der Waals surface area contributed by atoms with Gasteiger partial charge in [0.25, 0.3) is 5.91 Å². The highest BCUT2D eigenvalue weighted by Gasteiger charge is 2.44. The highest BCUT2D eigenvalue weighted by molar-refractivity contribution is 6.04. The fourth-order valence-electron chi connectivity index (χ4n) is 4.67. The molecular formula is C26H31N3O6. The number of hydrogen-bond donors (Lipinski definition) is 2. The maximum atomic E-state index is 13.2. The molecule has 2 aliphatic rings. The van der Waals surface area contributed by atoms with Crippen LogP contribution in [-0.2, 0) is 19.7 Å². The minimum atomic E-state index is -0.730. The lowest BCUT2D eigenvalue weighted by Crippen LogP contribution is -2.47. The van der Waals surface area contributed by atoms with Crippen molar-refractivity contribution in [2.45, 2.75) is 37.1 Å². The third-order valence-corrected chi connectivity index (χ3v) is 6.73. The third-order valence-electron chi connectivity index (χ3n) is 6.73. The Morgan fingerprint density at radius 2 is 1.80 bits per heavy atom. The third kappa shape index (κ3) is 5.57. The van der Waals surface area contributed by atoms with Crippen molar-refractivity contribution in [2.75, 3.05) is 39.3 Å². The summed E-state index contributed by atoms with van der Waals surface area (Å²) in [6.45, 7) is 1.38. The van der Waals surface area contributed by atoms with E-state index in [-0.39, 0.29) is 31.2 Å². The summed E-state index contributed by atoms with van der Waals surface area (Å²) in [7, 11) is 3.17.